The van der Waals surface area contributed by atoms with Crippen LogP contribution in [0.25, 0.3) is 0 Å². The molecule has 1 amide bonds. The molecule has 0 aromatic heterocycles. The highest BCUT2D eigenvalue weighted by Crippen LogP contribution is 2.29. The standard InChI is InChI=1S/C16H15Cl2NOS/c1-11(12-5-3-2-4-6-12)21-10-16(20)19-15-8-7-13(17)9-14(15)18/h2-9,11H,10H2,1H3,(H,19,20)/t11-/m1/s1. The van der Waals surface area contributed by atoms with E-state index in [-0.39, 0.29) is 11.2 Å². The Labute approximate surface area is 138 Å². The summed E-state index contributed by atoms with van der Waals surface area (Å²) in [6.07, 6.45) is 0. The van der Waals surface area contributed by atoms with Crippen LogP contribution in [-0.2, 0) is 4.79 Å². The van der Waals surface area contributed by atoms with Crippen LogP contribution >= 0.6 is 35.0 Å². The van der Waals surface area contributed by atoms with Gasteiger partial charge in [-0.3, -0.25) is 4.79 Å². The van der Waals surface area contributed by atoms with E-state index in [9.17, 15) is 4.79 Å². The Morgan fingerprint density at radius 1 is 1.19 bits per heavy atom. The van der Waals surface area contributed by atoms with Gasteiger partial charge in [-0.15, -0.1) is 11.8 Å². The molecule has 0 saturated heterocycles. The molecule has 0 spiro atoms. The van der Waals surface area contributed by atoms with Crippen LogP contribution in [0.5, 0.6) is 0 Å². The second-order valence-corrected chi connectivity index (χ2v) is 6.71. The molecule has 0 heterocycles. The Balaban J connectivity index is 1.87. The van der Waals surface area contributed by atoms with E-state index in [4.69, 9.17) is 23.2 Å². The van der Waals surface area contributed by atoms with E-state index in [0.717, 1.165) is 0 Å². The summed E-state index contributed by atoms with van der Waals surface area (Å²) in [5, 5.41) is 4.04. The van der Waals surface area contributed by atoms with Gasteiger partial charge in [0.1, 0.15) is 0 Å². The van der Waals surface area contributed by atoms with Gasteiger partial charge >= 0.3 is 0 Å². The minimum atomic E-state index is -0.0768. The van der Waals surface area contributed by atoms with Crippen LogP contribution in [0.2, 0.25) is 10.0 Å². The fourth-order valence-corrected chi connectivity index (χ4v) is 3.08. The summed E-state index contributed by atoms with van der Waals surface area (Å²) in [6.45, 7) is 2.09. The Morgan fingerprint density at radius 2 is 1.90 bits per heavy atom. The Kier molecular flexibility index (Phi) is 5.97. The zero-order valence-corrected chi connectivity index (χ0v) is 13.8. The highest BCUT2D eigenvalue weighted by Gasteiger charge is 2.10. The molecule has 0 aliphatic heterocycles. The van der Waals surface area contributed by atoms with Gasteiger partial charge in [0.15, 0.2) is 0 Å². The van der Waals surface area contributed by atoms with Gasteiger partial charge in [-0.1, -0.05) is 53.5 Å². The first kappa shape index (κ1) is 16.2. The van der Waals surface area contributed by atoms with E-state index >= 15 is 0 Å². The molecule has 2 nitrogen and oxygen atoms in total. The number of anilines is 1. The van der Waals surface area contributed by atoms with Crippen molar-refractivity contribution in [2.75, 3.05) is 11.1 Å². The molecular weight excluding hydrogens is 325 g/mol. The number of thioether (sulfide) groups is 1. The second-order valence-electron chi connectivity index (χ2n) is 4.54. The highest BCUT2D eigenvalue weighted by atomic mass is 35.5. The molecule has 0 aliphatic carbocycles. The summed E-state index contributed by atoms with van der Waals surface area (Å²) in [6, 6.07) is 15.1. The quantitative estimate of drug-likeness (QED) is 0.787. The second kappa shape index (κ2) is 7.74. The molecule has 0 bridgehead atoms. The van der Waals surface area contributed by atoms with E-state index in [1.54, 1.807) is 30.0 Å². The maximum absolute atomic E-state index is 12.0. The number of carbonyl (C=O) groups excluding carboxylic acids is 1. The molecular formula is C16H15Cl2NOS. The smallest absolute Gasteiger partial charge is 0.234 e. The molecule has 0 radical (unpaired) electrons. The molecule has 2 aromatic carbocycles. The van der Waals surface area contributed by atoms with Crippen molar-refractivity contribution in [1.82, 2.24) is 0 Å². The lowest BCUT2D eigenvalue weighted by Gasteiger charge is -2.12. The van der Waals surface area contributed by atoms with Crippen LogP contribution in [0.1, 0.15) is 17.7 Å². The molecule has 0 saturated carbocycles. The van der Waals surface area contributed by atoms with Crippen molar-refractivity contribution < 1.29 is 4.79 Å². The van der Waals surface area contributed by atoms with Gasteiger partial charge in [-0.05, 0) is 30.7 Å². The number of rotatable bonds is 5. The number of amides is 1. The first-order valence-corrected chi connectivity index (χ1v) is 8.28. The average Bonchev–Trinajstić information content (AvgIpc) is 2.48. The van der Waals surface area contributed by atoms with Crippen LogP contribution < -0.4 is 5.32 Å². The number of nitrogens with one attached hydrogen (secondary N) is 1. The number of hydrogen-bond donors (Lipinski definition) is 1. The highest BCUT2D eigenvalue weighted by molar-refractivity contribution is 8.00. The molecule has 21 heavy (non-hydrogen) atoms. The normalized spacial score (nSPS) is 12.0. The third-order valence-electron chi connectivity index (χ3n) is 2.94. The largest absolute Gasteiger partial charge is 0.324 e. The van der Waals surface area contributed by atoms with Crippen molar-refractivity contribution in [3.63, 3.8) is 0 Å². The minimum Gasteiger partial charge on any atom is -0.324 e. The van der Waals surface area contributed by atoms with Gasteiger partial charge in [0.05, 0.1) is 16.5 Å². The van der Waals surface area contributed by atoms with Gasteiger partial charge < -0.3 is 5.32 Å². The lowest BCUT2D eigenvalue weighted by molar-refractivity contribution is -0.113. The van der Waals surface area contributed by atoms with Crippen LogP contribution in [-0.4, -0.2) is 11.7 Å². The first-order chi connectivity index (χ1) is 10.1. The van der Waals surface area contributed by atoms with Crippen LogP contribution in [0.15, 0.2) is 48.5 Å². The number of hydrogen-bond acceptors (Lipinski definition) is 2. The predicted molar refractivity (Wildman–Crippen MR) is 92.4 cm³/mol. The fraction of sp³-hybridized carbons (Fsp3) is 0.188. The van der Waals surface area contributed by atoms with E-state index in [2.05, 4.69) is 24.4 Å². The summed E-state index contributed by atoms with van der Waals surface area (Å²) in [7, 11) is 0. The van der Waals surface area contributed by atoms with Gasteiger partial charge in [0, 0.05) is 10.3 Å². The summed E-state index contributed by atoms with van der Waals surface area (Å²) >= 11 is 13.4. The van der Waals surface area contributed by atoms with Crippen molar-refractivity contribution >= 4 is 46.6 Å². The summed E-state index contributed by atoms with van der Waals surface area (Å²) in [5.74, 6) is 0.293. The Bertz CT molecular complexity index is 619. The fourth-order valence-electron chi connectivity index (χ4n) is 1.80. The molecule has 0 aliphatic rings. The maximum Gasteiger partial charge on any atom is 0.234 e. The third kappa shape index (κ3) is 4.95. The number of halogens is 2. The number of carbonyl (C=O) groups is 1. The Hall–Kier alpha value is -1.16. The lowest BCUT2D eigenvalue weighted by Crippen LogP contribution is -2.15. The molecule has 2 rings (SSSR count). The van der Waals surface area contributed by atoms with Crippen LogP contribution in [0, 0.1) is 0 Å². The SMILES string of the molecule is C[C@@H](SCC(=O)Nc1ccc(Cl)cc1Cl)c1ccccc1. The Morgan fingerprint density at radius 3 is 2.57 bits per heavy atom. The number of benzene rings is 2. The first-order valence-electron chi connectivity index (χ1n) is 6.47. The summed E-state index contributed by atoms with van der Waals surface area (Å²) < 4.78 is 0. The molecule has 0 fully saturated rings. The molecule has 2 aromatic rings. The van der Waals surface area contributed by atoms with Crippen molar-refractivity contribution in [2.45, 2.75) is 12.2 Å². The van der Waals surface area contributed by atoms with Gasteiger partial charge in [0.2, 0.25) is 5.91 Å². The maximum atomic E-state index is 12.0. The van der Waals surface area contributed by atoms with Crippen molar-refractivity contribution in [1.29, 1.82) is 0 Å². The average molecular weight is 340 g/mol. The predicted octanol–water partition coefficient (Wildman–Crippen LogP) is 5.43. The monoisotopic (exact) mass is 339 g/mol. The van der Waals surface area contributed by atoms with E-state index in [0.29, 0.717) is 21.5 Å². The lowest BCUT2D eigenvalue weighted by atomic mass is 10.2. The molecule has 1 atom stereocenters. The van der Waals surface area contributed by atoms with Crippen LogP contribution in [0.4, 0.5) is 5.69 Å². The molecule has 0 unspecified atom stereocenters. The van der Waals surface area contributed by atoms with E-state index in [1.165, 1.54) is 5.56 Å². The van der Waals surface area contributed by atoms with Crippen molar-refractivity contribution in [3.05, 3.63) is 64.1 Å². The van der Waals surface area contributed by atoms with Gasteiger partial charge in [-0.25, -0.2) is 0 Å². The summed E-state index contributed by atoms with van der Waals surface area (Å²) in [5.41, 5.74) is 1.79. The van der Waals surface area contributed by atoms with E-state index < -0.39 is 0 Å². The van der Waals surface area contributed by atoms with Crippen molar-refractivity contribution in [3.8, 4) is 0 Å². The molecule has 5 heteroatoms. The minimum absolute atomic E-state index is 0.0768. The van der Waals surface area contributed by atoms with Gasteiger partial charge in [-0.2, -0.15) is 0 Å². The topological polar surface area (TPSA) is 29.1 Å². The van der Waals surface area contributed by atoms with Gasteiger partial charge in [0.25, 0.3) is 0 Å². The van der Waals surface area contributed by atoms with E-state index in [1.807, 2.05) is 18.2 Å². The molecule has 1 N–H and O–H groups in total. The zero-order chi connectivity index (χ0) is 15.2. The van der Waals surface area contributed by atoms with Crippen molar-refractivity contribution in [2.24, 2.45) is 0 Å². The third-order valence-corrected chi connectivity index (χ3v) is 4.69. The molecule has 110 valence electrons. The van der Waals surface area contributed by atoms with Crippen LogP contribution in [0.3, 0.4) is 0 Å². The zero-order valence-electron chi connectivity index (χ0n) is 11.5. The summed E-state index contributed by atoms with van der Waals surface area (Å²) in [4.78, 5) is 12.0.